The molecule has 1 atom stereocenters. The first-order valence-corrected chi connectivity index (χ1v) is 6.75. The zero-order valence-electron chi connectivity index (χ0n) is 12.3. The molecular weight excluding hydrogens is 278 g/mol. The van der Waals surface area contributed by atoms with Crippen LogP contribution in [0.4, 0.5) is 10.5 Å². The summed E-state index contributed by atoms with van der Waals surface area (Å²) in [4.78, 5) is 13.6. The zero-order valence-corrected chi connectivity index (χ0v) is 13.1. The van der Waals surface area contributed by atoms with Crippen LogP contribution in [0.15, 0.2) is 18.2 Å². The van der Waals surface area contributed by atoms with Gasteiger partial charge in [0.15, 0.2) is 0 Å². The lowest BCUT2D eigenvalue weighted by Crippen LogP contribution is -2.48. The van der Waals surface area contributed by atoms with Crippen LogP contribution in [0.1, 0.15) is 12.5 Å². The summed E-state index contributed by atoms with van der Waals surface area (Å²) in [6.07, 6.45) is 0. The van der Waals surface area contributed by atoms with Crippen LogP contribution >= 0.6 is 11.6 Å². The number of halogens is 1. The number of benzene rings is 1. The number of nitrogens with zero attached hydrogens (tertiary/aromatic N) is 1. The summed E-state index contributed by atoms with van der Waals surface area (Å²) >= 11 is 5.99. The second-order valence-electron chi connectivity index (χ2n) is 5.51. The second-order valence-corrected chi connectivity index (χ2v) is 5.91. The highest BCUT2D eigenvalue weighted by molar-refractivity contribution is 6.31. The van der Waals surface area contributed by atoms with Crippen LogP contribution in [0.25, 0.3) is 0 Å². The molecule has 1 rings (SSSR count). The number of amides is 2. The number of carbonyl (C=O) groups is 1. The third-order valence-electron chi connectivity index (χ3n) is 2.72. The number of aryl methyl sites for hydroxylation is 1. The van der Waals surface area contributed by atoms with Crippen LogP contribution in [0.5, 0.6) is 0 Å². The average molecular weight is 300 g/mol. The summed E-state index contributed by atoms with van der Waals surface area (Å²) in [5, 5.41) is 16.0. The van der Waals surface area contributed by atoms with Crippen molar-refractivity contribution >= 4 is 23.3 Å². The molecule has 112 valence electrons. The molecule has 0 aliphatic rings. The van der Waals surface area contributed by atoms with Crippen molar-refractivity contribution in [2.24, 2.45) is 0 Å². The quantitative estimate of drug-likeness (QED) is 0.780. The number of aliphatic hydroxyl groups is 1. The Bertz CT molecular complexity index is 475. The molecule has 20 heavy (non-hydrogen) atoms. The van der Waals surface area contributed by atoms with Crippen molar-refractivity contribution < 1.29 is 9.90 Å². The molecule has 0 saturated carbocycles. The van der Waals surface area contributed by atoms with Gasteiger partial charge in [-0.15, -0.1) is 0 Å². The predicted molar refractivity (Wildman–Crippen MR) is 82.4 cm³/mol. The van der Waals surface area contributed by atoms with Crippen molar-refractivity contribution in [1.29, 1.82) is 0 Å². The summed E-state index contributed by atoms with van der Waals surface area (Å²) in [5.41, 5.74) is 0.586. The maximum absolute atomic E-state index is 11.8. The minimum absolute atomic E-state index is 0.163. The molecule has 0 fully saturated rings. The number of anilines is 1. The monoisotopic (exact) mass is 299 g/mol. The van der Waals surface area contributed by atoms with Crippen LogP contribution in [0, 0.1) is 6.92 Å². The van der Waals surface area contributed by atoms with Gasteiger partial charge in [0.25, 0.3) is 0 Å². The number of carbonyl (C=O) groups excluding carboxylic acids is 1. The number of nitrogens with one attached hydrogen (secondary N) is 2. The first-order chi connectivity index (χ1) is 9.19. The molecule has 1 aromatic carbocycles. The van der Waals surface area contributed by atoms with Gasteiger partial charge in [-0.2, -0.15) is 0 Å². The highest BCUT2D eigenvalue weighted by Gasteiger charge is 2.22. The van der Waals surface area contributed by atoms with Gasteiger partial charge in [0.2, 0.25) is 0 Å². The standard InChI is InChI=1S/C14H22ClN3O2/c1-10-5-6-11(7-12(10)15)17-13(19)16-8-14(2,20)9-18(3)4/h5-7,20H,8-9H2,1-4H3,(H2,16,17,19). The van der Waals surface area contributed by atoms with Gasteiger partial charge in [-0.1, -0.05) is 17.7 Å². The Labute approximate surface area is 124 Å². The van der Waals surface area contributed by atoms with Crippen LogP contribution in [-0.4, -0.2) is 48.8 Å². The molecule has 5 nitrogen and oxygen atoms in total. The van der Waals surface area contributed by atoms with Crippen molar-refractivity contribution in [3.63, 3.8) is 0 Å². The molecule has 0 aliphatic heterocycles. The normalized spacial score (nSPS) is 13.9. The number of rotatable bonds is 5. The third kappa shape index (κ3) is 5.77. The maximum Gasteiger partial charge on any atom is 0.319 e. The lowest BCUT2D eigenvalue weighted by Gasteiger charge is -2.27. The fourth-order valence-corrected chi connectivity index (χ4v) is 2.03. The molecule has 3 N–H and O–H groups in total. The highest BCUT2D eigenvalue weighted by atomic mass is 35.5. The Balaban J connectivity index is 2.49. The van der Waals surface area contributed by atoms with E-state index in [0.717, 1.165) is 5.56 Å². The minimum Gasteiger partial charge on any atom is -0.387 e. The van der Waals surface area contributed by atoms with Gasteiger partial charge in [-0.05, 0) is 45.6 Å². The Morgan fingerprint density at radius 3 is 2.65 bits per heavy atom. The average Bonchev–Trinajstić information content (AvgIpc) is 2.30. The summed E-state index contributed by atoms with van der Waals surface area (Å²) in [6, 6.07) is 4.93. The molecular formula is C14H22ClN3O2. The molecule has 1 aromatic rings. The lowest BCUT2D eigenvalue weighted by atomic mass is 10.1. The fourth-order valence-electron chi connectivity index (χ4n) is 1.85. The fraction of sp³-hybridized carbons (Fsp3) is 0.500. The van der Waals surface area contributed by atoms with E-state index in [-0.39, 0.29) is 12.6 Å². The van der Waals surface area contributed by atoms with Gasteiger partial charge in [-0.3, -0.25) is 0 Å². The van der Waals surface area contributed by atoms with Gasteiger partial charge in [0.05, 0.1) is 5.60 Å². The number of hydrogen-bond donors (Lipinski definition) is 3. The third-order valence-corrected chi connectivity index (χ3v) is 3.12. The second kappa shape index (κ2) is 6.92. The molecule has 2 amide bonds. The van der Waals surface area contributed by atoms with Crippen LogP contribution in [0.2, 0.25) is 5.02 Å². The number of urea groups is 1. The van der Waals surface area contributed by atoms with E-state index in [9.17, 15) is 9.90 Å². The first-order valence-electron chi connectivity index (χ1n) is 6.38. The summed E-state index contributed by atoms with van der Waals surface area (Å²) < 4.78 is 0. The molecule has 6 heteroatoms. The lowest BCUT2D eigenvalue weighted by molar-refractivity contribution is 0.0364. The van der Waals surface area contributed by atoms with Crippen LogP contribution in [0.3, 0.4) is 0 Å². The minimum atomic E-state index is -0.980. The topological polar surface area (TPSA) is 64.6 Å². The summed E-state index contributed by atoms with van der Waals surface area (Å²) in [6.45, 7) is 4.20. The molecule has 1 unspecified atom stereocenters. The van der Waals surface area contributed by atoms with Crippen molar-refractivity contribution in [2.45, 2.75) is 19.4 Å². The van der Waals surface area contributed by atoms with Gasteiger partial charge < -0.3 is 20.6 Å². The Hall–Kier alpha value is -1.30. The molecule has 0 spiro atoms. The van der Waals surface area contributed by atoms with E-state index in [2.05, 4.69) is 10.6 Å². The van der Waals surface area contributed by atoms with E-state index in [4.69, 9.17) is 11.6 Å². The first kappa shape index (κ1) is 16.8. The van der Waals surface area contributed by atoms with Crippen molar-refractivity contribution in [2.75, 3.05) is 32.5 Å². The smallest absolute Gasteiger partial charge is 0.319 e. The molecule has 0 bridgehead atoms. The van der Waals surface area contributed by atoms with Gasteiger partial charge in [0.1, 0.15) is 0 Å². The van der Waals surface area contributed by atoms with E-state index in [1.54, 1.807) is 19.1 Å². The van der Waals surface area contributed by atoms with Gasteiger partial charge >= 0.3 is 6.03 Å². The predicted octanol–water partition coefficient (Wildman–Crippen LogP) is 2.08. The van der Waals surface area contributed by atoms with Crippen molar-refractivity contribution in [3.05, 3.63) is 28.8 Å². The summed E-state index contributed by atoms with van der Waals surface area (Å²) in [7, 11) is 3.73. The van der Waals surface area contributed by atoms with E-state index in [1.165, 1.54) is 0 Å². The van der Waals surface area contributed by atoms with Gasteiger partial charge in [0, 0.05) is 23.8 Å². The molecule has 0 heterocycles. The maximum atomic E-state index is 11.8. The van der Waals surface area contributed by atoms with Crippen molar-refractivity contribution in [1.82, 2.24) is 10.2 Å². The van der Waals surface area contributed by atoms with Crippen LogP contribution in [-0.2, 0) is 0 Å². The molecule has 0 radical (unpaired) electrons. The van der Waals surface area contributed by atoms with Crippen LogP contribution < -0.4 is 10.6 Å². The largest absolute Gasteiger partial charge is 0.387 e. The number of hydrogen-bond acceptors (Lipinski definition) is 3. The highest BCUT2D eigenvalue weighted by Crippen LogP contribution is 2.19. The van der Waals surface area contributed by atoms with E-state index in [1.807, 2.05) is 32.0 Å². The van der Waals surface area contributed by atoms with E-state index >= 15 is 0 Å². The Morgan fingerprint density at radius 1 is 1.45 bits per heavy atom. The zero-order chi connectivity index (χ0) is 15.3. The molecule has 0 saturated heterocycles. The molecule has 0 aromatic heterocycles. The molecule has 0 aliphatic carbocycles. The van der Waals surface area contributed by atoms with Crippen molar-refractivity contribution in [3.8, 4) is 0 Å². The SMILES string of the molecule is Cc1ccc(NC(=O)NCC(C)(O)CN(C)C)cc1Cl. The van der Waals surface area contributed by atoms with E-state index < -0.39 is 5.60 Å². The Kier molecular flexibility index (Phi) is 5.80. The van der Waals surface area contributed by atoms with E-state index in [0.29, 0.717) is 17.3 Å². The van der Waals surface area contributed by atoms with Gasteiger partial charge in [-0.25, -0.2) is 4.79 Å². The number of likely N-dealkylation sites (N-methyl/N-ethyl adjacent to an activating group) is 1. The Morgan fingerprint density at radius 2 is 2.10 bits per heavy atom. The summed E-state index contributed by atoms with van der Waals surface area (Å²) in [5.74, 6) is 0.